The highest BCUT2D eigenvalue weighted by molar-refractivity contribution is 8.14. The summed E-state index contributed by atoms with van der Waals surface area (Å²) in [5, 5.41) is 1.68. The molecule has 3 nitrogen and oxygen atoms in total. The van der Waals surface area contributed by atoms with Crippen LogP contribution in [0.25, 0.3) is 0 Å². The minimum atomic E-state index is 0.580. The molecule has 7 heteroatoms. The van der Waals surface area contributed by atoms with Crippen molar-refractivity contribution in [3.63, 3.8) is 0 Å². The molecule has 1 aliphatic heterocycles. The number of para-hydroxylation sites is 1. The number of thioether (sulfide) groups is 1. The first kappa shape index (κ1) is 14.2. The molecule has 0 unspecified atom stereocenters. The van der Waals surface area contributed by atoms with Crippen molar-refractivity contribution < 1.29 is 0 Å². The van der Waals surface area contributed by atoms with Crippen LogP contribution in [0, 0.1) is 0 Å². The van der Waals surface area contributed by atoms with Gasteiger partial charge in [0.25, 0.3) is 0 Å². The van der Waals surface area contributed by atoms with Crippen LogP contribution in [0.15, 0.2) is 35.5 Å². The summed E-state index contributed by atoms with van der Waals surface area (Å²) in [6.45, 7) is 1.77. The summed E-state index contributed by atoms with van der Waals surface area (Å²) in [4.78, 5) is 12.1. The van der Waals surface area contributed by atoms with Gasteiger partial charge in [-0.15, -0.1) is 11.3 Å². The first-order valence-corrected chi connectivity index (χ1v) is 8.59. The molecule has 104 valence electrons. The predicted octanol–water partition coefficient (Wildman–Crippen LogP) is 4.69. The Balaban J connectivity index is 1.80. The van der Waals surface area contributed by atoms with E-state index in [1.807, 2.05) is 30.5 Å². The quantitative estimate of drug-likeness (QED) is 0.809. The van der Waals surface area contributed by atoms with E-state index in [1.54, 1.807) is 11.8 Å². The normalized spacial score (nSPS) is 17.1. The van der Waals surface area contributed by atoms with Gasteiger partial charge in [-0.3, -0.25) is 0 Å². The minimum absolute atomic E-state index is 0.580. The van der Waals surface area contributed by atoms with E-state index in [2.05, 4.69) is 14.9 Å². The fourth-order valence-corrected chi connectivity index (χ4v) is 4.04. The molecule has 1 aromatic heterocycles. The molecule has 1 saturated heterocycles. The van der Waals surface area contributed by atoms with E-state index < -0.39 is 0 Å². The van der Waals surface area contributed by atoms with E-state index in [9.17, 15) is 0 Å². The van der Waals surface area contributed by atoms with Gasteiger partial charge in [-0.1, -0.05) is 47.1 Å². The first-order chi connectivity index (χ1) is 9.72. The van der Waals surface area contributed by atoms with E-state index in [4.69, 9.17) is 23.2 Å². The molecule has 1 aromatic carbocycles. The maximum Gasteiger partial charge on any atom is 0.183 e. The lowest BCUT2D eigenvalue weighted by molar-refractivity contribution is 0.461. The molecule has 0 amide bonds. The second-order valence-electron chi connectivity index (χ2n) is 4.20. The molecule has 1 aliphatic rings. The zero-order chi connectivity index (χ0) is 13.9. The molecular formula is C13H11Cl2N3S2. The zero-order valence-electron chi connectivity index (χ0n) is 10.4. The van der Waals surface area contributed by atoms with Crippen LogP contribution in [0.4, 0.5) is 5.69 Å². The number of hydrogen-bond acceptors (Lipinski definition) is 4. The van der Waals surface area contributed by atoms with Crippen molar-refractivity contribution in [1.29, 1.82) is 0 Å². The number of hydrogen-bond donors (Lipinski definition) is 0. The van der Waals surface area contributed by atoms with E-state index >= 15 is 0 Å². The van der Waals surface area contributed by atoms with Gasteiger partial charge in [0.15, 0.2) is 9.63 Å². The molecule has 0 spiro atoms. The summed E-state index contributed by atoms with van der Waals surface area (Å²) >= 11 is 15.3. The van der Waals surface area contributed by atoms with Crippen molar-refractivity contribution in [2.45, 2.75) is 6.54 Å². The lowest BCUT2D eigenvalue weighted by Gasteiger charge is -2.16. The molecule has 2 aromatic rings. The fraction of sp³-hybridized carbons (Fsp3) is 0.231. The number of thiazole rings is 1. The third kappa shape index (κ3) is 3.28. The number of halogens is 2. The van der Waals surface area contributed by atoms with Gasteiger partial charge >= 0.3 is 0 Å². The molecule has 0 saturated carbocycles. The smallest absolute Gasteiger partial charge is 0.183 e. The van der Waals surface area contributed by atoms with Crippen LogP contribution in [0.2, 0.25) is 9.49 Å². The fourth-order valence-electron chi connectivity index (χ4n) is 1.87. The Morgan fingerprint density at radius 2 is 2.15 bits per heavy atom. The Kier molecular flexibility index (Phi) is 4.51. The van der Waals surface area contributed by atoms with Crippen LogP contribution in [0.3, 0.4) is 0 Å². The van der Waals surface area contributed by atoms with Crippen LogP contribution in [0.1, 0.15) is 4.88 Å². The maximum absolute atomic E-state index is 6.15. The Morgan fingerprint density at radius 3 is 2.90 bits per heavy atom. The van der Waals surface area contributed by atoms with E-state index in [0.717, 1.165) is 34.6 Å². The third-order valence-electron chi connectivity index (χ3n) is 2.80. The standard InChI is InChI=1S/C13H11Cl2N3S2/c14-10-3-1-2-4-11(10)17-13-18(5-6-19-13)8-9-7-16-12(15)20-9/h1-4,7H,5-6,8H2. The van der Waals surface area contributed by atoms with Crippen molar-refractivity contribution in [1.82, 2.24) is 9.88 Å². The Hall–Kier alpha value is -0.750. The topological polar surface area (TPSA) is 28.5 Å². The Bertz CT molecular complexity index is 642. The highest BCUT2D eigenvalue weighted by atomic mass is 35.5. The molecular weight excluding hydrogens is 333 g/mol. The summed E-state index contributed by atoms with van der Waals surface area (Å²) in [5.41, 5.74) is 0.811. The summed E-state index contributed by atoms with van der Waals surface area (Å²) in [5.74, 6) is 1.04. The van der Waals surface area contributed by atoms with Crippen LogP contribution >= 0.6 is 46.3 Å². The molecule has 0 radical (unpaired) electrons. The van der Waals surface area contributed by atoms with E-state index in [0.29, 0.717) is 9.49 Å². The second-order valence-corrected chi connectivity index (χ2v) is 7.36. The van der Waals surface area contributed by atoms with Crippen LogP contribution in [0.5, 0.6) is 0 Å². The first-order valence-electron chi connectivity index (χ1n) is 6.03. The van der Waals surface area contributed by atoms with Crippen LogP contribution in [-0.4, -0.2) is 27.3 Å². The van der Waals surface area contributed by atoms with E-state index in [1.165, 1.54) is 11.3 Å². The second kappa shape index (κ2) is 6.35. The molecule has 20 heavy (non-hydrogen) atoms. The number of amidine groups is 1. The van der Waals surface area contributed by atoms with Gasteiger partial charge in [-0.2, -0.15) is 0 Å². The predicted molar refractivity (Wildman–Crippen MR) is 88.5 cm³/mol. The minimum Gasteiger partial charge on any atom is -0.345 e. The van der Waals surface area contributed by atoms with Gasteiger partial charge in [-0.25, -0.2) is 9.98 Å². The Morgan fingerprint density at radius 1 is 1.30 bits per heavy atom. The highest BCUT2D eigenvalue weighted by Gasteiger charge is 2.20. The number of rotatable bonds is 3. The monoisotopic (exact) mass is 343 g/mol. The number of aliphatic imine (C=N–C) groups is 1. The summed E-state index contributed by atoms with van der Waals surface area (Å²) in [6.07, 6.45) is 1.82. The largest absolute Gasteiger partial charge is 0.345 e. The van der Waals surface area contributed by atoms with Crippen LogP contribution in [-0.2, 0) is 6.54 Å². The number of benzene rings is 1. The van der Waals surface area contributed by atoms with Gasteiger partial charge in [0.2, 0.25) is 0 Å². The van der Waals surface area contributed by atoms with Crippen molar-refractivity contribution in [3.05, 3.63) is 44.8 Å². The van der Waals surface area contributed by atoms with Gasteiger partial charge in [0.05, 0.1) is 17.3 Å². The SMILES string of the molecule is Clc1ncc(CN2CCSC2=Nc2ccccc2Cl)s1. The molecule has 0 N–H and O–H groups in total. The van der Waals surface area contributed by atoms with Gasteiger partial charge < -0.3 is 4.90 Å². The molecule has 0 aliphatic carbocycles. The number of aromatic nitrogens is 1. The maximum atomic E-state index is 6.15. The van der Waals surface area contributed by atoms with Crippen molar-refractivity contribution in [3.8, 4) is 0 Å². The molecule has 2 heterocycles. The van der Waals surface area contributed by atoms with Gasteiger partial charge in [0, 0.05) is 23.4 Å². The molecule has 1 fully saturated rings. The third-order valence-corrected chi connectivity index (χ3v) is 5.22. The van der Waals surface area contributed by atoms with Crippen LogP contribution < -0.4 is 0 Å². The molecule has 0 atom stereocenters. The zero-order valence-corrected chi connectivity index (χ0v) is 13.6. The van der Waals surface area contributed by atoms with Gasteiger partial charge in [0.1, 0.15) is 0 Å². The summed E-state index contributed by atoms with van der Waals surface area (Å²) in [6, 6.07) is 7.63. The highest BCUT2D eigenvalue weighted by Crippen LogP contribution is 2.29. The molecule has 0 bridgehead atoms. The summed E-state index contributed by atoms with van der Waals surface area (Å²) < 4.78 is 0.580. The van der Waals surface area contributed by atoms with E-state index in [-0.39, 0.29) is 0 Å². The van der Waals surface area contributed by atoms with Gasteiger partial charge in [-0.05, 0) is 12.1 Å². The van der Waals surface area contributed by atoms with Crippen molar-refractivity contribution in [2.24, 2.45) is 4.99 Å². The average molecular weight is 344 g/mol. The lowest BCUT2D eigenvalue weighted by atomic mass is 10.3. The van der Waals surface area contributed by atoms with Crippen molar-refractivity contribution >= 4 is 57.2 Å². The molecule has 3 rings (SSSR count). The van der Waals surface area contributed by atoms with Crippen molar-refractivity contribution in [2.75, 3.05) is 12.3 Å². The summed E-state index contributed by atoms with van der Waals surface area (Å²) in [7, 11) is 0. The Labute approximate surface area is 135 Å². The lowest BCUT2D eigenvalue weighted by Crippen LogP contribution is -2.23. The average Bonchev–Trinajstić information content (AvgIpc) is 3.03. The number of nitrogens with zero attached hydrogens (tertiary/aromatic N) is 3.